The fourth-order valence-corrected chi connectivity index (χ4v) is 3.71. The summed E-state index contributed by atoms with van der Waals surface area (Å²) in [6.07, 6.45) is 1.03. The molecule has 3 aromatic rings. The molecule has 0 saturated carbocycles. The van der Waals surface area contributed by atoms with Crippen LogP contribution in [0.15, 0.2) is 47.3 Å². The first-order valence-electron chi connectivity index (χ1n) is 9.56. The van der Waals surface area contributed by atoms with E-state index in [1.54, 1.807) is 0 Å². The van der Waals surface area contributed by atoms with Crippen molar-refractivity contribution in [3.05, 3.63) is 91.9 Å². The number of aromatic amines is 1. The lowest BCUT2D eigenvalue weighted by Gasteiger charge is -2.28. The third-order valence-corrected chi connectivity index (χ3v) is 5.32. The summed E-state index contributed by atoms with van der Waals surface area (Å²) in [5.41, 5.74) is 3.59. The molecule has 2 aromatic carbocycles. The zero-order valence-electron chi connectivity index (χ0n) is 16.3. The zero-order valence-corrected chi connectivity index (χ0v) is 17.1. The number of nitrogens with zero attached hydrogens (tertiary/aromatic N) is 2. The highest BCUT2D eigenvalue weighted by Crippen LogP contribution is 2.21. The number of H-pyrrole nitrogens is 1. The van der Waals surface area contributed by atoms with Crippen LogP contribution in [0.25, 0.3) is 0 Å². The monoisotopic (exact) mass is 426 g/mol. The molecule has 0 radical (unpaired) electrons. The van der Waals surface area contributed by atoms with Crippen molar-refractivity contribution in [2.45, 2.75) is 26.3 Å². The van der Waals surface area contributed by atoms with E-state index in [-0.39, 0.29) is 23.2 Å². The molecule has 2 amide bonds. The summed E-state index contributed by atoms with van der Waals surface area (Å²) < 4.78 is 13.3. The van der Waals surface area contributed by atoms with Crippen molar-refractivity contribution in [2.24, 2.45) is 0 Å². The summed E-state index contributed by atoms with van der Waals surface area (Å²) in [6, 6.07) is 11.6. The van der Waals surface area contributed by atoms with Crippen LogP contribution in [0.2, 0.25) is 5.02 Å². The van der Waals surface area contributed by atoms with Gasteiger partial charge in [0.05, 0.1) is 22.8 Å². The van der Waals surface area contributed by atoms with Crippen LogP contribution in [0, 0.1) is 12.7 Å². The molecule has 0 spiro atoms. The molecule has 2 N–H and O–H groups in total. The summed E-state index contributed by atoms with van der Waals surface area (Å²) in [6.45, 7) is 2.60. The second kappa shape index (κ2) is 8.28. The number of amides is 2. The lowest BCUT2D eigenvalue weighted by Crippen LogP contribution is -2.42. The average molecular weight is 427 g/mol. The van der Waals surface area contributed by atoms with Crippen LogP contribution in [0.1, 0.15) is 28.2 Å². The van der Waals surface area contributed by atoms with Crippen molar-refractivity contribution in [3.8, 4) is 0 Å². The maximum absolute atomic E-state index is 13.3. The van der Waals surface area contributed by atoms with E-state index in [2.05, 4.69) is 21.4 Å². The second-order valence-electron chi connectivity index (χ2n) is 7.33. The first-order valence-corrected chi connectivity index (χ1v) is 9.94. The highest BCUT2D eigenvalue weighted by Gasteiger charge is 2.24. The average Bonchev–Trinajstić information content (AvgIpc) is 2.70. The number of rotatable bonds is 3. The predicted molar refractivity (Wildman–Crippen MR) is 113 cm³/mol. The van der Waals surface area contributed by atoms with Gasteiger partial charge in [0.1, 0.15) is 11.6 Å². The zero-order chi connectivity index (χ0) is 21.3. The summed E-state index contributed by atoms with van der Waals surface area (Å²) in [7, 11) is 0. The molecule has 30 heavy (non-hydrogen) atoms. The number of aryl methyl sites for hydroxylation is 1. The molecule has 6 nitrogen and oxygen atoms in total. The number of halogens is 2. The lowest BCUT2D eigenvalue weighted by atomic mass is 10.1. The van der Waals surface area contributed by atoms with E-state index < -0.39 is 5.82 Å². The lowest BCUT2D eigenvalue weighted by molar-refractivity contribution is 0.205. The minimum absolute atomic E-state index is 0.0708. The van der Waals surface area contributed by atoms with E-state index >= 15 is 0 Å². The summed E-state index contributed by atoms with van der Waals surface area (Å²) >= 11 is 5.76. The Labute approximate surface area is 177 Å². The summed E-state index contributed by atoms with van der Waals surface area (Å²) in [5, 5.41) is 2.61. The van der Waals surface area contributed by atoms with Gasteiger partial charge in [-0.15, -0.1) is 0 Å². The summed E-state index contributed by atoms with van der Waals surface area (Å²) in [4.78, 5) is 34.2. The number of carbonyl (C=O) groups excluding carboxylic acids is 1. The molecule has 1 aliphatic heterocycles. The number of carbonyl (C=O) groups is 1. The molecule has 0 aliphatic carbocycles. The fourth-order valence-electron chi connectivity index (χ4n) is 3.53. The van der Waals surface area contributed by atoms with Crippen LogP contribution in [-0.4, -0.2) is 27.4 Å². The number of hydrogen-bond acceptors (Lipinski definition) is 3. The third kappa shape index (κ3) is 4.36. The predicted octanol–water partition coefficient (Wildman–Crippen LogP) is 4.05. The maximum atomic E-state index is 13.3. The number of hydrogen-bond donors (Lipinski definition) is 2. The van der Waals surface area contributed by atoms with Crippen molar-refractivity contribution in [1.82, 2.24) is 14.9 Å². The molecule has 0 fully saturated rings. The molecule has 1 aliphatic rings. The van der Waals surface area contributed by atoms with Crippen molar-refractivity contribution >= 4 is 23.3 Å². The Morgan fingerprint density at radius 3 is 2.90 bits per heavy atom. The van der Waals surface area contributed by atoms with Gasteiger partial charge in [-0.1, -0.05) is 41.4 Å². The van der Waals surface area contributed by atoms with Gasteiger partial charge in [-0.2, -0.15) is 0 Å². The van der Waals surface area contributed by atoms with E-state index in [1.165, 1.54) is 23.1 Å². The van der Waals surface area contributed by atoms with Crippen molar-refractivity contribution in [3.63, 3.8) is 0 Å². The van der Waals surface area contributed by atoms with E-state index in [0.29, 0.717) is 36.5 Å². The quantitative estimate of drug-likeness (QED) is 0.663. The van der Waals surface area contributed by atoms with E-state index in [4.69, 9.17) is 11.6 Å². The number of urea groups is 1. The van der Waals surface area contributed by atoms with Crippen LogP contribution in [0.4, 0.5) is 14.9 Å². The SMILES string of the molecule is Cc1cccc(Cc2nc3c(c(=O)[nH]2)CN(C(=O)Nc2ccc(F)c(Cl)c2)CC3)c1. The van der Waals surface area contributed by atoms with Gasteiger partial charge in [-0.3, -0.25) is 4.79 Å². The Balaban J connectivity index is 1.49. The largest absolute Gasteiger partial charge is 0.322 e. The normalized spacial score (nSPS) is 13.1. The molecule has 0 bridgehead atoms. The molecular formula is C22H20ClFN4O2. The topological polar surface area (TPSA) is 78.1 Å². The Hall–Kier alpha value is -3.19. The first-order chi connectivity index (χ1) is 14.4. The van der Waals surface area contributed by atoms with E-state index in [1.807, 2.05) is 25.1 Å². The number of fused-ring (bicyclic) bond motifs is 1. The standard InChI is InChI=1S/C22H20ClFN4O2/c1-13-3-2-4-14(9-13)10-20-26-19-7-8-28(12-16(19)21(29)27-20)22(30)25-15-5-6-18(24)17(23)11-15/h2-6,9,11H,7-8,10,12H2,1H3,(H,25,30)(H,26,27,29). The molecule has 2 heterocycles. The van der Waals surface area contributed by atoms with Crippen LogP contribution < -0.4 is 10.9 Å². The molecule has 0 atom stereocenters. The molecule has 0 unspecified atom stereocenters. The minimum atomic E-state index is -0.555. The number of aromatic nitrogens is 2. The van der Waals surface area contributed by atoms with E-state index in [0.717, 1.165) is 16.8 Å². The van der Waals surface area contributed by atoms with Crippen LogP contribution in [0.3, 0.4) is 0 Å². The van der Waals surface area contributed by atoms with Gasteiger partial charge >= 0.3 is 6.03 Å². The van der Waals surface area contributed by atoms with Crippen molar-refractivity contribution < 1.29 is 9.18 Å². The number of anilines is 1. The van der Waals surface area contributed by atoms with Gasteiger partial charge in [0.2, 0.25) is 0 Å². The number of benzene rings is 2. The van der Waals surface area contributed by atoms with Gasteiger partial charge in [0, 0.05) is 25.1 Å². The van der Waals surface area contributed by atoms with Crippen LogP contribution in [0.5, 0.6) is 0 Å². The molecular weight excluding hydrogens is 407 g/mol. The Bertz CT molecular complexity index is 1180. The second-order valence-corrected chi connectivity index (χ2v) is 7.74. The first kappa shape index (κ1) is 20.1. The maximum Gasteiger partial charge on any atom is 0.322 e. The smallest absolute Gasteiger partial charge is 0.320 e. The minimum Gasteiger partial charge on any atom is -0.320 e. The van der Waals surface area contributed by atoms with Gasteiger partial charge in [-0.05, 0) is 30.7 Å². The molecule has 4 rings (SSSR count). The fraction of sp³-hybridized carbons (Fsp3) is 0.227. The molecule has 8 heteroatoms. The molecule has 154 valence electrons. The highest BCUT2D eigenvalue weighted by atomic mass is 35.5. The van der Waals surface area contributed by atoms with Crippen LogP contribution in [-0.2, 0) is 19.4 Å². The highest BCUT2D eigenvalue weighted by molar-refractivity contribution is 6.31. The van der Waals surface area contributed by atoms with Crippen molar-refractivity contribution in [1.29, 1.82) is 0 Å². The van der Waals surface area contributed by atoms with E-state index in [9.17, 15) is 14.0 Å². The third-order valence-electron chi connectivity index (χ3n) is 5.03. The van der Waals surface area contributed by atoms with Gasteiger partial charge in [-0.25, -0.2) is 14.2 Å². The molecule has 1 aromatic heterocycles. The molecule has 0 saturated heterocycles. The Kier molecular flexibility index (Phi) is 5.55. The van der Waals surface area contributed by atoms with Crippen LogP contribution >= 0.6 is 11.6 Å². The Morgan fingerprint density at radius 1 is 1.30 bits per heavy atom. The summed E-state index contributed by atoms with van der Waals surface area (Å²) in [5.74, 6) is 0.0591. The number of nitrogens with one attached hydrogen (secondary N) is 2. The van der Waals surface area contributed by atoms with Gasteiger partial charge < -0.3 is 15.2 Å². The Morgan fingerprint density at radius 2 is 2.13 bits per heavy atom. The van der Waals surface area contributed by atoms with Crippen molar-refractivity contribution in [2.75, 3.05) is 11.9 Å². The van der Waals surface area contributed by atoms with Gasteiger partial charge in [0.15, 0.2) is 0 Å². The van der Waals surface area contributed by atoms with Gasteiger partial charge in [0.25, 0.3) is 5.56 Å².